The Morgan fingerprint density at radius 1 is 1.31 bits per heavy atom. The lowest BCUT2D eigenvalue weighted by Crippen LogP contribution is -2.57. The quantitative estimate of drug-likeness (QED) is 0.801. The molecule has 1 saturated heterocycles. The lowest BCUT2D eigenvalue weighted by Gasteiger charge is -2.45. The summed E-state index contributed by atoms with van der Waals surface area (Å²) in [5.74, 6) is 0. The van der Waals surface area contributed by atoms with Gasteiger partial charge in [0.2, 0.25) is 0 Å². The predicted octanol–water partition coefficient (Wildman–Crippen LogP) is 3.01. The van der Waals surface area contributed by atoms with Crippen molar-refractivity contribution in [3.05, 3.63) is 0 Å². The molecule has 2 N–H and O–H groups in total. The number of hydrogen-bond donors (Lipinski definition) is 1. The molecule has 2 nitrogen and oxygen atoms in total. The molecule has 0 radical (unpaired) electrons. The highest BCUT2D eigenvalue weighted by atomic mass is 15.3. The van der Waals surface area contributed by atoms with E-state index in [2.05, 4.69) is 46.4 Å². The third-order valence-corrected chi connectivity index (χ3v) is 4.03. The summed E-state index contributed by atoms with van der Waals surface area (Å²) in [5.41, 5.74) is 6.50. The fourth-order valence-electron chi connectivity index (χ4n) is 3.52. The molecule has 0 saturated carbocycles. The van der Waals surface area contributed by atoms with Gasteiger partial charge in [0, 0.05) is 24.2 Å². The van der Waals surface area contributed by atoms with Gasteiger partial charge in [-0.25, -0.2) is 0 Å². The second-order valence-corrected chi connectivity index (χ2v) is 6.61. The summed E-state index contributed by atoms with van der Waals surface area (Å²) in [6.45, 7) is 13.8. The average molecular weight is 226 g/mol. The molecule has 1 aliphatic heterocycles. The fraction of sp³-hybridized carbons (Fsp3) is 1.00. The van der Waals surface area contributed by atoms with Crippen LogP contribution in [0.5, 0.6) is 0 Å². The first-order valence-corrected chi connectivity index (χ1v) is 6.82. The second kappa shape index (κ2) is 5.05. The average Bonchev–Trinajstić information content (AvgIpc) is 2.45. The van der Waals surface area contributed by atoms with Crippen LogP contribution in [0.2, 0.25) is 0 Å². The van der Waals surface area contributed by atoms with Crippen LogP contribution in [0.1, 0.15) is 60.8 Å². The Kier molecular flexibility index (Phi) is 4.42. The van der Waals surface area contributed by atoms with Gasteiger partial charge in [-0.15, -0.1) is 0 Å². The van der Waals surface area contributed by atoms with Crippen LogP contribution < -0.4 is 5.73 Å². The maximum Gasteiger partial charge on any atom is 0.0298 e. The summed E-state index contributed by atoms with van der Waals surface area (Å²) in [4.78, 5) is 2.70. The molecule has 2 heteroatoms. The molecule has 0 aliphatic carbocycles. The number of rotatable bonds is 3. The molecule has 0 aromatic heterocycles. The Balaban J connectivity index is 2.92. The molecule has 0 aromatic rings. The largest absolute Gasteiger partial charge is 0.327 e. The third kappa shape index (κ3) is 2.78. The lowest BCUT2D eigenvalue weighted by atomic mass is 9.81. The Morgan fingerprint density at radius 3 is 2.25 bits per heavy atom. The maximum atomic E-state index is 6.24. The van der Waals surface area contributed by atoms with E-state index in [4.69, 9.17) is 5.73 Å². The Bertz CT molecular complexity index is 217. The Labute approximate surface area is 102 Å². The molecule has 0 spiro atoms. The van der Waals surface area contributed by atoms with Crippen molar-refractivity contribution in [2.45, 2.75) is 85.0 Å². The van der Waals surface area contributed by atoms with Crippen molar-refractivity contribution in [1.82, 2.24) is 4.90 Å². The van der Waals surface area contributed by atoms with Gasteiger partial charge in [-0.05, 0) is 38.5 Å². The van der Waals surface area contributed by atoms with Gasteiger partial charge in [0.15, 0.2) is 0 Å². The molecular weight excluding hydrogens is 196 g/mol. The molecule has 1 aliphatic rings. The summed E-state index contributed by atoms with van der Waals surface area (Å²) >= 11 is 0. The molecule has 4 atom stereocenters. The molecule has 0 amide bonds. The van der Waals surface area contributed by atoms with E-state index in [1.807, 2.05) is 0 Å². The van der Waals surface area contributed by atoms with E-state index in [9.17, 15) is 0 Å². The minimum absolute atomic E-state index is 0.245. The van der Waals surface area contributed by atoms with Crippen LogP contribution in [0.3, 0.4) is 0 Å². The zero-order valence-electron chi connectivity index (χ0n) is 12.0. The summed E-state index contributed by atoms with van der Waals surface area (Å²) in [7, 11) is 0. The monoisotopic (exact) mass is 226 g/mol. The number of hydrogen-bond acceptors (Lipinski definition) is 2. The number of nitrogens with two attached hydrogens (primary N) is 1. The van der Waals surface area contributed by atoms with Gasteiger partial charge in [0.05, 0.1) is 0 Å². The van der Waals surface area contributed by atoms with Crippen LogP contribution in [-0.2, 0) is 0 Å². The SMILES string of the molecule is CCC1CCC(C)N1C(C(C)N)C(C)(C)C. The smallest absolute Gasteiger partial charge is 0.0298 e. The van der Waals surface area contributed by atoms with E-state index in [1.165, 1.54) is 19.3 Å². The van der Waals surface area contributed by atoms with Gasteiger partial charge in [0.1, 0.15) is 0 Å². The second-order valence-electron chi connectivity index (χ2n) is 6.61. The molecule has 1 rings (SSSR count). The van der Waals surface area contributed by atoms with Crippen molar-refractivity contribution in [2.24, 2.45) is 11.1 Å². The van der Waals surface area contributed by atoms with Gasteiger partial charge in [-0.1, -0.05) is 27.7 Å². The zero-order chi connectivity index (χ0) is 12.5. The van der Waals surface area contributed by atoms with E-state index < -0.39 is 0 Å². The van der Waals surface area contributed by atoms with E-state index in [0.717, 1.165) is 6.04 Å². The van der Waals surface area contributed by atoms with Crippen molar-refractivity contribution in [2.75, 3.05) is 0 Å². The van der Waals surface area contributed by atoms with Crippen molar-refractivity contribution in [1.29, 1.82) is 0 Å². The van der Waals surface area contributed by atoms with E-state index >= 15 is 0 Å². The highest BCUT2D eigenvalue weighted by Gasteiger charge is 2.41. The fourth-order valence-corrected chi connectivity index (χ4v) is 3.52. The topological polar surface area (TPSA) is 29.3 Å². The van der Waals surface area contributed by atoms with Crippen molar-refractivity contribution >= 4 is 0 Å². The summed E-state index contributed by atoms with van der Waals surface area (Å²) in [5, 5.41) is 0. The first kappa shape index (κ1) is 14.0. The van der Waals surface area contributed by atoms with Crippen LogP contribution >= 0.6 is 0 Å². The van der Waals surface area contributed by atoms with Gasteiger partial charge >= 0.3 is 0 Å². The van der Waals surface area contributed by atoms with Crippen molar-refractivity contribution in [3.8, 4) is 0 Å². The normalized spacial score (nSPS) is 31.7. The first-order valence-electron chi connectivity index (χ1n) is 6.82. The standard InChI is InChI=1S/C14H30N2/c1-7-12-9-8-10(2)16(12)13(11(3)15)14(4,5)6/h10-13H,7-9,15H2,1-6H3. The molecule has 0 bridgehead atoms. The summed E-state index contributed by atoms with van der Waals surface area (Å²) < 4.78 is 0. The van der Waals surface area contributed by atoms with Crippen LogP contribution in [0.4, 0.5) is 0 Å². The van der Waals surface area contributed by atoms with Gasteiger partial charge in [0.25, 0.3) is 0 Å². The molecule has 4 unspecified atom stereocenters. The lowest BCUT2D eigenvalue weighted by molar-refractivity contribution is 0.0426. The molecular formula is C14H30N2. The van der Waals surface area contributed by atoms with Crippen LogP contribution in [0, 0.1) is 5.41 Å². The number of likely N-dealkylation sites (tertiary alicyclic amines) is 1. The molecule has 0 aromatic carbocycles. The minimum Gasteiger partial charge on any atom is -0.327 e. The number of nitrogens with zero attached hydrogens (tertiary/aromatic N) is 1. The van der Waals surface area contributed by atoms with Gasteiger partial charge < -0.3 is 5.73 Å². The first-order chi connectivity index (χ1) is 7.29. The Hall–Kier alpha value is -0.0800. The van der Waals surface area contributed by atoms with Crippen LogP contribution in [0.15, 0.2) is 0 Å². The van der Waals surface area contributed by atoms with Crippen molar-refractivity contribution < 1.29 is 0 Å². The summed E-state index contributed by atoms with van der Waals surface area (Å²) in [6, 6.07) is 2.18. The highest BCUT2D eigenvalue weighted by molar-refractivity contribution is 4.97. The minimum atomic E-state index is 0.245. The zero-order valence-corrected chi connectivity index (χ0v) is 12.0. The molecule has 1 fully saturated rings. The third-order valence-electron chi connectivity index (χ3n) is 4.03. The molecule has 1 heterocycles. The van der Waals surface area contributed by atoms with E-state index in [-0.39, 0.29) is 11.5 Å². The summed E-state index contributed by atoms with van der Waals surface area (Å²) in [6.07, 6.45) is 3.93. The van der Waals surface area contributed by atoms with Gasteiger partial charge in [-0.3, -0.25) is 4.90 Å². The van der Waals surface area contributed by atoms with E-state index in [1.54, 1.807) is 0 Å². The maximum absolute atomic E-state index is 6.24. The van der Waals surface area contributed by atoms with Gasteiger partial charge in [-0.2, -0.15) is 0 Å². The Morgan fingerprint density at radius 2 is 1.88 bits per heavy atom. The van der Waals surface area contributed by atoms with E-state index in [0.29, 0.717) is 12.1 Å². The van der Waals surface area contributed by atoms with Crippen LogP contribution in [-0.4, -0.2) is 29.1 Å². The predicted molar refractivity (Wildman–Crippen MR) is 71.5 cm³/mol. The highest BCUT2D eigenvalue weighted by Crippen LogP contribution is 2.36. The molecule has 16 heavy (non-hydrogen) atoms. The molecule has 96 valence electrons. The van der Waals surface area contributed by atoms with Crippen LogP contribution in [0.25, 0.3) is 0 Å². The van der Waals surface area contributed by atoms with Crippen molar-refractivity contribution in [3.63, 3.8) is 0 Å².